The minimum atomic E-state index is -0.280. The predicted molar refractivity (Wildman–Crippen MR) is 137 cm³/mol. The zero-order chi connectivity index (χ0) is 24.6. The number of anilines is 1. The van der Waals surface area contributed by atoms with E-state index < -0.39 is 0 Å². The molecule has 3 aromatic heterocycles. The van der Waals surface area contributed by atoms with Crippen LogP contribution in [0.25, 0.3) is 28.2 Å². The number of benzene rings is 1. The Morgan fingerprint density at radius 2 is 1.77 bits per heavy atom. The van der Waals surface area contributed by atoms with Crippen LogP contribution in [-0.4, -0.2) is 45.8 Å². The first-order valence-corrected chi connectivity index (χ1v) is 12.1. The smallest absolute Gasteiger partial charge is 0.310 e. The summed E-state index contributed by atoms with van der Waals surface area (Å²) in [4.78, 5) is 24.1. The van der Waals surface area contributed by atoms with Crippen molar-refractivity contribution in [1.82, 2.24) is 19.6 Å². The molecule has 0 atom stereocenters. The summed E-state index contributed by atoms with van der Waals surface area (Å²) in [6.07, 6.45) is 4.12. The van der Waals surface area contributed by atoms with E-state index in [0.717, 1.165) is 71.2 Å². The number of aryl methyl sites for hydroxylation is 1. The molecule has 0 unspecified atom stereocenters. The molecule has 0 spiro atoms. The van der Waals surface area contributed by atoms with E-state index in [1.807, 2.05) is 48.0 Å². The standard InChI is InChI=1S/C28H31N5O2/c1-19-22(17-26(34)35-4)27(32-14-11-28(2,3)12-15-32)33-25(30-19)18-24(31-33)23-16-21(10-13-29-23)20-8-6-5-7-9-20/h5-10,13,16,18H,11-12,14-15,17H2,1-4H3. The molecular weight excluding hydrogens is 438 g/mol. The minimum Gasteiger partial charge on any atom is -0.469 e. The van der Waals surface area contributed by atoms with Crippen molar-refractivity contribution in [2.24, 2.45) is 5.41 Å². The van der Waals surface area contributed by atoms with Gasteiger partial charge < -0.3 is 9.64 Å². The number of aromatic nitrogens is 4. The first-order valence-electron chi connectivity index (χ1n) is 12.1. The summed E-state index contributed by atoms with van der Waals surface area (Å²) in [5, 5.41) is 4.96. The summed E-state index contributed by atoms with van der Waals surface area (Å²) >= 11 is 0. The number of esters is 1. The third-order valence-corrected chi connectivity index (χ3v) is 6.97. The van der Waals surface area contributed by atoms with Crippen LogP contribution < -0.4 is 4.90 Å². The zero-order valence-corrected chi connectivity index (χ0v) is 20.8. The fraction of sp³-hybridized carbons (Fsp3) is 0.357. The van der Waals surface area contributed by atoms with Crippen molar-refractivity contribution in [2.45, 2.75) is 40.0 Å². The maximum absolute atomic E-state index is 12.3. The highest BCUT2D eigenvalue weighted by molar-refractivity contribution is 5.77. The van der Waals surface area contributed by atoms with E-state index in [1.54, 1.807) is 0 Å². The molecule has 0 N–H and O–H groups in total. The molecule has 0 saturated carbocycles. The lowest BCUT2D eigenvalue weighted by Crippen LogP contribution is -2.39. The molecule has 7 heteroatoms. The van der Waals surface area contributed by atoms with E-state index in [4.69, 9.17) is 14.8 Å². The lowest BCUT2D eigenvalue weighted by atomic mass is 9.82. The van der Waals surface area contributed by atoms with Crippen LogP contribution in [0.5, 0.6) is 0 Å². The molecule has 180 valence electrons. The highest BCUT2D eigenvalue weighted by Crippen LogP contribution is 2.35. The maximum Gasteiger partial charge on any atom is 0.310 e. The summed E-state index contributed by atoms with van der Waals surface area (Å²) < 4.78 is 6.89. The molecule has 0 radical (unpaired) electrons. The van der Waals surface area contributed by atoms with Crippen LogP contribution in [0.2, 0.25) is 0 Å². The Labute approximate surface area is 205 Å². The first-order chi connectivity index (χ1) is 16.8. The number of pyridine rings is 1. The quantitative estimate of drug-likeness (QED) is 0.378. The number of hydrogen-bond donors (Lipinski definition) is 0. The SMILES string of the molecule is COC(=O)Cc1c(C)nc2cc(-c3cc(-c4ccccc4)ccn3)nn2c1N1CCC(C)(C)CC1. The summed E-state index contributed by atoms with van der Waals surface area (Å²) in [6.45, 7) is 8.37. The average molecular weight is 470 g/mol. The van der Waals surface area contributed by atoms with E-state index in [9.17, 15) is 4.79 Å². The Kier molecular flexibility index (Phi) is 6.01. The van der Waals surface area contributed by atoms with Gasteiger partial charge in [0.05, 0.1) is 19.2 Å². The third kappa shape index (κ3) is 4.63. The summed E-state index contributed by atoms with van der Waals surface area (Å²) in [7, 11) is 1.42. The van der Waals surface area contributed by atoms with Gasteiger partial charge in [0.15, 0.2) is 5.65 Å². The van der Waals surface area contributed by atoms with E-state index in [-0.39, 0.29) is 12.4 Å². The third-order valence-electron chi connectivity index (χ3n) is 6.97. The Morgan fingerprint density at radius 3 is 2.49 bits per heavy atom. The molecule has 5 rings (SSSR count). The van der Waals surface area contributed by atoms with Crippen LogP contribution in [0.1, 0.15) is 37.9 Å². The molecule has 1 fully saturated rings. The minimum absolute atomic E-state index is 0.164. The van der Waals surface area contributed by atoms with Crippen LogP contribution in [0.3, 0.4) is 0 Å². The number of hydrogen-bond acceptors (Lipinski definition) is 6. The van der Waals surface area contributed by atoms with Crippen molar-refractivity contribution in [2.75, 3.05) is 25.1 Å². The number of ether oxygens (including phenoxy) is 1. The van der Waals surface area contributed by atoms with Gasteiger partial charge in [0.1, 0.15) is 11.5 Å². The Balaban J connectivity index is 1.62. The second-order valence-corrected chi connectivity index (χ2v) is 10.00. The number of carbonyl (C=O) groups is 1. The topological polar surface area (TPSA) is 72.6 Å². The van der Waals surface area contributed by atoms with E-state index in [0.29, 0.717) is 5.41 Å². The van der Waals surface area contributed by atoms with E-state index in [2.05, 4.69) is 41.9 Å². The van der Waals surface area contributed by atoms with Crippen molar-refractivity contribution >= 4 is 17.4 Å². The van der Waals surface area contributed by atoms with Gasteiger partial charge in [-0.15, -0.1) is 0 Å². The van der Waals surface area contributed by atoms with Crippen molar-refractivity contribution in [3.8, 4) is 22.5 Å². The number of methoxy groups -OCH3 is 1. The number of rotatable bonds is 5. The monoisotopic (exact) mass is 469 g/mol. The van der Waals surface area contributed by atoms with Gasteiger partial charge in [-0.25, -0.2) is 4.98 Å². The normalized spacial score (nSPS) is 15.4. The van der Waals surface area contributed by atoms with Gasteiger partial charge in [0.25, 0.3) is 0 Å². The number of fused-ring (bicyclic) bond motifs is 1. The largest absolute Gasteiger partial charge is 0.469 e. The van der Waals surface area contributed by atoms with Crippen LogP contribution >= 0.6 is 0 Å². The summed E-state index contributed by atoms with van der Waals surface area (Å²) in [5.41, 5.74) is 6.49. The molecule has 0 aliphatic carbocycles. The maximum atomic E-state index is 12.3. The molecule has 0 amide bonds. The van der Waals surface area contributed by atoms with E-state index in [1.165, 1.54) is 7.11 Å². The average Bonchev–Trinajstić information content (AvgIpc) is 3.29. The molecule has 0 bridgehead atoms. The van der Waals surface area contributed by atoms with Crippen molar-refractivity contribution < 1.29 is 9.53 Å². The van der Waals surface area contributed by atoms with Crippen LogP contribution in [0.15, 0.2) is 54.7 Å². The van der Waals surface area contributed by atoms with Crippen LogP contribution in [0, 0.1) is 12.3 Å². The molecule has 4 aromatic rings. The molecule has 1 saturated heterocycles. The highest BCUT2D eigenvalue weighted by Gasteiger charge is 2.30. The van der Waals surface area contributed by atoms with Gasteiger partial charge in [-0.3, -0.25) is 9.78 Å². The van der Waals surface area contributed by atoms with Gasteiger partial charge in [0, 0.05) is 36.6 Å². The lowest BCUT2D eigenvalue weighted by molar-refractivity contribution is -0.139. The Morgan fingerprint density at radius 1 is 1.03 bits per heavy atom. The number of nitrogens with zero attached hydrogens (tertiary/aromatic N) is 5. The molecule has 1 aliphatic heterocycles. The van der Waals surface area contributed by atoms with Crippen LogP contribution in [0.4, 0.5) is 5.82 Å². The lowest BCUT2D eigenvalue weighted by Gasteiger charge is -2.39. The first kappa shape index (κ1) is 23.0. The second-order valence-electron chi connectivity index (χ2n) is 10.00. The van der Waals surface area contributed by atoms with E-state index >= 15 is 0 Å². The van der Waals surface area contributed by atoms with Gasteiger partial charge in [-0.1, -0.05) is 44.2 Å². The number of piperidine rings is 1. The second kappa shape index (κ2) is 9.13. The van der Waals surface area contributed by atoms with Gasteiger partial charge in [-0.2, -0.15) is 9.61 Å². The molecule has 35 heavy (non-hydrogen) atoms. The fourth-order valence-electron chi connectivity index (χ4n) is 4.71. The molecule has 1 aliphatic rings. The molecule has 7 nitrogen and oxygen atoms in total. The zero-order valence-electron chi connectivity index (χ0n) is 20.8. The Bertz CT molecular complexity index is 1370. The summed E-state index contributed by atoms with van der Waals surface area (Å²) in [6, 6.07) is 16.3. The predicted octanol–water partition coefficient (Wildman–Crippen LogP) is 5.11. The van der Waals surface area contributed by atoms with Crippen molar-refractivity contribution in [1.29, 1.82) is 0 Å². The number of carbonyl (C=O) groups excluding carboxylic acids is 1. The van der Waals surface area contributed by atoms with Crippen LogP contribution in [-0.2, 0) is 16.0 Å². The van der Waals surface area contributed by atoms with Gasteiger partial charge in [-0.05, 0) is 48.4 Å². The van der Waals surface area contributed by atoms with Crippen molar-refractivity contribution in [3.63, 3.8) is 0 Å². The Hall–Kier alpha value is -3.74. The molecule has 4 heterocycles. The summed E-state index contributed by atoms with van der Waals surface area (Å²) in [5.74, 6) is 0.649. The van der Waals surface area contributed by atoms with Gasteiger partial charge in [0.2, 0.25) is 0 Å². The molecule has 1 aromatic carbocycles. The highest BCUT2D eigenvalue weighted by atomic mass is 16.5. The van der Waals surface area contributed by atoms with Crippen molar-refractivity contribution in [3.05, 3.63) is 66.0 Å². The molecular formula is C28H31N5O2. The van der Waals surface area contributed by atoms with Gasteiger partial charge >= 0.3 is 5.97 Å². The fourth-order valence-corrected chi connectivity index (χ4v) is 4.71.